The molecule has 39 heavy (non-hydrogen) atoms. The summed E-state index contributed by atoms with van der Waals surface area (Å²) >= 11 is 6.50. The van der Waals surface area contributed by atoms with Crippen LogP contribution in [0.15, 0.2) is 59.8 Å². The number of likely N-dealkylation sites (N-methyl/N-ethyl adjacent to an activating group) is 1. The van der Waals surface area contributed by atoms with Gasteiger partial charge in [-0.05, 0) is 56.7 Å². The quantitative estimate of drug-likeness (QED) is 0.494. The smallest absolute Gasteiger partial charge is 0.338 e. The Labute approximate surface area is 234 Å². The Morgan fingerprint density at radius 2 is 1.79 bits per heavy atom. The van der Waals surface area contributed by atoms with E-state index in [1.54, 1.807) is 61.4 Å². The molecule has 2 heterocycles. The molecule has 2 atom stereocenters. The highest BCUT2D eigenvalue weighted by molar-refractivity contribution is 6.31. The number of nitrogens with zero attached hydrogens (tertiary/aromatic N) is 3. The van der Waals surface area contributed by atoms with Crippen LogP contribution in [0, 0.1) is 0 Å². The lowest BCUT2D eigenvalue weighted by Crippen LogP contribution is -2.56. The number of benzene rings is 2. The number of amides is 3. The highest BCUT2D eigenvalue weighted by atomic mass is 35.5. The van der Waals surface area contributed by atoms with Gasteiger partial charge in [0.1, 0.15) is 5.75 Å². The lowest BCUT2D eigenvalue weighted by Gasteiger charge is -2.43. The third-order valence-electron chi connectivity index (χ3n) is 7.15. The first-order chi connectivity index (χ1) is 18.8. The Morgan fingerprint density at radius 1 is 1.08 bits per heavy atom. The molecule has 9 nitrogen and oxygen atoms in total. The Hall–Kier alpha value is -3.56. The zero-order chi connectivity index (χ0) is 28.1. The van der Waals surface area contributed by atoms with Crippen LogP contribution in [0.2, 0.25) is 5.02 Å². The average molecular weight is 555 g/mol. The Kier molecular flexibility index (Phi) is 9.14. The second-order valence-corrected chi connectivity index (χ2v) is 9.95. The van der Waals surface area contributed by atoms with Crippen molar-refractivity contribution in [2.24, 2.45) is 0 Å². The van der Waals surface area contributed by atoms with Crippen LogP contribution in [-0.4, -0.2) is 85.1 Å². The van der Waals surface area contributed by atoms with E-state index in [-0.39, 0.29) is 24.6 Å². The van der Waals surface area contributed by atoms with Crippen molar-refractivity contribution >= 4 is 29.5 Å². The molecule has 2 aromatic rings. The molecule has 0 bridgehead atoms. The molecule has 0 saturated carbocycles. The van der Waals surface area contributed by atoms with Crippen LogP contribution < -0.4 is 10.1 Å². The fourth-order valence-electron chi connectivity index (χ4n) is 5.19. The summed E-state index contributed by atoms with van der Waals surface area (Å²) in [5.41, 5.74) is 2.20. The van der Waals surface area contributed by atoms with Gasteiger partial charge in [-0.25, -0.2) is 9.59 Å². The van der Waals surface area contributed by atoms with Gasteiger partial charge in [0, 0.05) is 55.0 Å². The number of carbonyl (C=O) groups excluding carboxylic acids is 3. The molecular formula is C29H35ClN4O5. The molecule has 1 saturated heterocycles. The van der Waals surface area contributed by atoms with Crippen LogP contribution in [-0.2, 0) is 9.53 Å². The first-order valence-corrected chi connectivity index (χ1v) is 13.6. The lowest BCUT2D eigenvalue weighted by atomic mass is 9.94. The van der Waals surface area contributed by atoms with Crippen molar-refractivity contribution in [1.29, 1.82) is 0 Å². The van der Waals surface area contributed by atoms with E-state index in [4.69, 9.17) is 21.1 Å². The van der Waals surface area contributed by atoms with E-state index in [9.17, 15) is 14.4 Å². The molecule has 0 spiro atoms. The van der Waals surface area contributed by atoms with Crippen LogP contribution in [0.25, 0.3) is 0 Å². The second-order valence-electron chi connectivity index (χ2n) is 9.54. The highest BCUT2D eigenvalue weighted by Crippen LogP contribution is 2.35. The van der Waals surface area contributed by atoms with Gasteiger partial charge in [0.15, 0.2) is 0 Å². The van der Waals surface area contributed by atoms with Crippen molar-refractivity contribution in [3.05, 3.63) is 76.0 Å². The number of halogens is 1. The Bertz CT molecular complexity index is 1250. The molecule has 0 aliphatic carbocycles. The molecule has 1 N–H and O–H groups in total. The topological polar surface area (TPSA) is 91.4 Å². The SMILES string of the molecule is CCOC(=O)C1=C(CN2CCN(C(=O)c3ccc(OC)cc3)[C@H](C)C2)N(CC)C(=O)N[C@@H]1c1ccccc1Cl. The monoisotopic (exact) mass is 554 g/mol. The molecule has 4 rings (SSSR count). The van der Waals surface area contributed by atoms with Crippen molar-refractivity contribution in [1.82, 2.24) is 20.0 Å². The number of nitrogens with one attached hydrogen (secondary N) is 1. The van der Waals surface area contributed by atoms with Gasteiger partial charge in [0.25, 0.3) is 5.91 Å². The van der Waals surface area contributed by atoms with Gasteiger partial charge in [-0.2, -0.15) is 0 Å². The molecule has 0 unspecified atom stereocenters. The minimum Gasteiger partial charge on any atom is -0.497 e. The van der Waals surface area contributed by atoms with Crippen molar-refractivity contribution in [2.45, 2.75) is 32.9 Å². The third kappa shape index (κ3) is 6.04. The number of urea groups is 1. The molecule has 208 valence electrons. The first kappa shape index (κ1) is 28.4. The van der Waals surface area contributed by atoms with Crippen LogP contribution in [0.5, 0.6) is 5.75 Å². The number of hydrogen-bond acceptors (Lipinski definition) is 6. The van der Waals surface area contributed by atoms with E-state index >= 15 is 0 Å². The van der Waals surface area contributed by atoms with Crippen molar-refractivity contribution in [2.75, 3.05) is 46.4 Å². The average Bonchev–Trinajstić information content (AvgIpc) is 2.93. The van der Waals surface area contributed by atoms with Gasteiger partial charge in [-0.15, -0.1) is 0 Å². The van der Waals surface area contributed by atoms with Gasteiger partial charge >= 0.3 is 12.0 Å². The van der Waals surface area contributed by atoms with Crippen molar-refractivity contribution in [3.63, 3.8) is 0 Å². The standard InChI is InChI=1S/C29H35ClN4O5/c1-5-33-24(25(28(36)39-6-2)26(31-29(33)37)22-9-7-8-10-23(22)30)18-32-15-16-34(19(3)17-32)27(35)20-11-13-21(38-4)14-12-20/h7-14,19,26H,5-6,15-18H2,1-4H3,(H,31,37)/t19-,26-/m1/s1. The van der Waals surface area contributed by atoms with E-state index in [1.807, 2.05) is 24.8 Å². The van der Waals surface area contributed by atoms with E-state index < -0.39 is 12.0 Å². The molecular weight excluding hydrogens is 520 g/mol. The predicted molar refractivity (Wildman–Crippen MR) is 149 cm³/mol. The highest BCUT2D eigenvalue weighted by Gasteiger charge is 2.40. The van der Waals surface area contributed by atoms with E-state index in [0.717, 1.165) is 0 Å². The maximum Gasteiger partial charge on any atom is 0.338 e. The minimum atomic E-state index is -0.738. The van der Waals surface area contributed by atoms with Gasteiger partial charge in [-0.3, -0.25) is 14.6 Å². The third-order valence-corrected chi connectivity index (χ3v) is 7.49. The van der Waals surface area contributed by atoms with Gasteiger partial charge < -0.3 is 19.7 Å². The largest absolute Gasteiger partial charge is 0.497 e. The number of esters is 1. The summed E-state index contributed by atoms with van der Waals surface area (Å²) in [6.07, 6.45) is 0. The lowest BCUT2D eigenvalue weighted by molar-refractivity contribution is -0.139. The van der Waals surface area contributed by atoms with Crippen LogP contribution in [0.3, 0.4) is 0 Å². The van der Waals surface area contributed by atoms with E-state index in [2.05, 4.69) is 10.2 Å². The molecule has 3 amide bonds. The number of hydrogen-bond donors (Lipinski definition) is 1. The fraction of sp³-hybridized carbons (Fsp3) is 0.414. The molecule has 10 heteroatoms. The molecule has 2 aliphatic heterocycles. The summed E-state index contributed by atoms with van der Waals surface area (Å²) in [5, 5.41) is 3.40. The fourth-order valence-corrected chi connectivity index (χ4v) is 5.43. The zero-order valence-corrected chi connectivity index (χ0v) is 23.5. The molecule has 1 fully saturated rings. The van der Waals surface area contributed by atoms with Crippen molar-refractivity contribution in [3.8, 4) is 5.75 Å². The summed E-state index contributed by atoms with van der Waals surface area (Å²) in [7, 11) is 1.59. The van der Waals surface area contributed by atoms with E-state index in [0.29, 0.717) is 65.9 Å². The number of ether oxygens (including phenoxy) is 2. The van der Waals surface area contributed by atoms with Crippen LogP contribution in [0.1, 0.15) is 42.7 Å². The van der Waals surface area contributed by atoms with Crippen molar-refractivity contribution < 1.29 is 23.9 Å². The second kappa shape index (κ2) is 12.5. The van der Waals surface area contributed by atoms with E-state index in [1.165, 1.54) is 0 Å². The van der Waals surface area contributed by atoms with Crippen LogP contribution >= 0.6 is 11.6 Å². The van der Waals surface area contributed by atoms with Gasteiger partial charge in [0.2, 0.25) is 0 Å². The number of methoxy groups -OCH3 is 1. The summed E-state index contributed by atoms with van der Waals surface area (Å²) in [5.74, 6) is 0.168. The molecule has 0 aromatic heterocycles. The summed E-state index contributed by atoms with van der Waals surface area (Å²) < 4.78 is 10.7. The summed E-state index contributed by atoms with van der Waals surface area (Å²) in [6.45, 7) is 8.24. The Morgan fingerprint density at radius 3 is 2.41 bits per heavy atom. The van der Waals surface area contributed by atoms with Gasteiger partial charge in [-0.1, -0.05) is 29.8 Å². The summed E-state index contributed by atoms with van der Waals surface area (Å²) in [4.78, 5) is 45.4. The maximum atomic E-state index is 13.3. The number of piperazine rings is 1. The zero-order valence-electron chi connectivity index (χ0n) is 22.8. The normalized spacial score (nSPS) is 20.1. The minimum absolute atomic E-state index is 0.0396. The Balaban J connectivity index is 1.61. The first-order valence-electron chi connectivity index (χ1n) is 13.2. The number of carbonyl (C=O) groups is 3. The predicted octanol–water partition coefficient (Wildman–Crippen LogP) is 4.10. The molecule has 2 aromatic carbocycles. The van der Waals surface area contributed by atoms with Crippen LogP contribution in [0.4, 0.5) is 4.79 Å². The molecule has 0 radical (unpaired) electrons. The number of rotatable bonds is 8. The molecule has 2 aliphatic rings. The van der Waals surface area contributed by atoms with Gasteiger partial charge in [0.05, 0.1) is 25.3 Å². The maximum absolute atomic E-state index is 13.3. The summed E-state index contributed by atoms with van der Waals surface area (Å²) in [6, 6.07) is 13.1.